The van der Waals surface area contributed by atoms with Crippen molar-refractivity contribution in [2.24, 2.45) is 0 Å². The van der Waals surface area contributed by atoms with E-state index in [1.54, 1.807) is 0 Å². The highest BCUT2D eigenvalue weighted by molar-refractivity contribution is 5.86. The molecule has 0 aromatic heterocycles. The molecule has 0 aliphatic carbocycles. The van der Waals surface area contributed by atoms with Gasteiger partial charge in [-0.25, -0.2) is 0 Å². The standard InChI is InChI=1S/C12H24N2O2/c1-4-12(5-2,9-15)14-10(16)11(3)7-6-8-13-11/h13,15H,4-9H2,1-3H3,(H,14,16). The Morgan fingerprint density at radius 3 is 2.50 bits per heavy atom. The second-order valence-electron chi connectivity index (χ2n) is 4.96. The molecule has 1 amide bonds. The van der Waals surface area contributed by atoms with Crippen molar-refractivity contribution in [3.8, 4) is 0 Å². The highest BCUT2D eigenvalue weighted by Gasteiger charge is 2.39. The first-order chi connectivity index (χ1) is 7.52. The molecule has 0 bridgehead atoms. The summed E-state index contributed by atoms with van der Waals surface area (Å²) in [4.78, 5) is 12.2. The Kier molecular flexibility index (Phi) is 4.33. The van der Waals surface area contributed by atoms with Crippen LogP contribution in [0.1, 0.15) is 46.5 Å². The highest BCUT2D eigenvalue weighted by atomic mass is 16.3. The fourth-order valence-electron chi connectivity index (χ4n) is 2.16. The Morgan fingerprint density at radius 2 is 2.12 bits per heavy atom. The van der Waals surface area contributed by atoms with E-state index in [9.17, 15) is 9.90 Å². The van der Waals surface area contributed by atoms with Crippen molar-refractivity contribution in [2.75, 3.05) is 13.2 Å². The van der Waals surface area contributed by atoms with E-state index < -0.39 is 11.1 Å². The molecule has 1 atom stereocenters. The summed E-state index contributed by atoms with van der Waals surface area (Å²) in [5.41, 5.74) is -0.908. The van der Waals surface area contributed by atoms with Crippen LogP contribution in [0.4, 0.5) is 0 Å². The number of amides is 1. The van der Waals surface area contributed by atoms with Gasteiger partial charge in [-0.3, -0.25) is 4.79 Å². The fourth-order valence-corrected chi connectivity index (χ4v) is 2.16. The maximum atomic E-state index is 12.2. The van der Waals surface area contributed by atoms with Crippen LogP contribution >= 0.6 is 0 Å². The zero-order chi connectivity index (χ0) is 12.2. The molecular formula is C12H24N2O2. The average Bonchev–Trinajstić information content (AvgIpc) is 2.74. The number of nitrogens with one attached hydrogen (secondary N) is 2. The van der Waals surface area contributed by atoms with Crippen LogP contribution in [-0.4, -0.2) is 35.2 Å². The molecule has 0 saturated carbocycles. The molecule has 0 radical (unpaired) electrons. The Hall–Kier alpha value is -0.610. The number of hydrogen-bond acceptors (Lipinski definition) is 3. The lowest BCUT2D eigenvalue weighted by Crippen LogP contribution is -2.59. The molecular weight excluding hydrogens is 204 g/mol. The van der Waals surface area contributed by atoms with Crippen LogP contribution in [0.15, 0.2) is 0 Å². The van der Waals surface area contributed by atoms with Crippen molar-refractivity contribution >= 4 is 5.91 Å². The first kappa shape index (κ1) is 13.5. The lowest BCUT2D eigenvalue weighted by molar-refractivity contribution is -0.129. The van der Waals surface area contributed by atoms with Gasteiger partial charge < -0.3 is 15.7 Å². The quantitative estimate of drug-likeness (QED) is 0.652. The molecule has 1 unspecified atom stereocenters. The first-order valence-electron chi connectivity index (χ1n) is 6.20. The number of aliphatic hydroxyl groups excluding tert-OH is 1. The molecule has 1 heterocycles. The van der Waals surface area contributed by atoms with Crippen LogP contribution in [0.3, 0.4) is 0 Å². The summed E-state index contributed by atoms with van der Waals surface area (Å²) in [7, 11) is 0. The molecule has 0 aromatic carbocycles. The summed E-state index contributed by atoms with van der Waals surface area (Å²) in [6.07, 6.45) is 3.41. The summed E-state index contributed by atoms with van der Waals surface area (Å²) < 4.78 is 0. The smallest absolute Gasteiger partial charge is 0.240 e. The van der Waals surface area contributed by atoms with Crippen LogP contribution in [0.25, 0.3) is 0 Å². The van der Waals surface area contributed by atoms with E-state index in [4.69, 9.17) is 0 Å². The van der Waals surface area contributed by atoms with Gasteiger partial charge in [-0.05, 0) is 39.2 Å². The number of hydrogen-bond donors (Lipinski definition) is 3. The number of rotatable bonds is 5. The molecule has 1 aliphatic rings. The Morgan fingerprint density at radius 1 is 1.50 bits per heavy atom. The zero-order valence-electron chi connectivity index (χ0n) is 10.6. The Labute approximate surface area is 97.8 Å². The van der Waals surface area contributed by atoms with Crippen molar-refractivity contribution in [3.63, 3.8) is 0 Å². The lowest BCUT2D eigenvalue weighted by Gasteiger charge is -2.35. The second kappa shape index (κ2) is 5.15. The minimum Gasteiger partial charge on any atom is -0.394 e. The molecule has 1 fully saturated rings. The van der Waals surface area contributed by atoms with Crippen molar-refractivity contribution in [1.29, 1.82) is 0 Å². The van der Waals surface area contributed by atoms with Gasteiger partial charge >= 0.3 is 0 Å². The van der Waals surface area contributed by atoms with Gasteiger partial charge in [0.25, 0.3) is 0 Å². The predicted octanol–water partition coefficient (Wildman–Crippen LogP) is 0.796. The maximum Gasteiger partial charge on any atom is 0.240 e. The molecule has 94 valence electrons. The number of carbonyl (C=O) groups is 1. The van der Waals surface area contributed by atoms with Gasteiger partial charge in [0, 0.05) is 0 Å². The van der Waals surface area contributed by atoms with Crippen molar-refractivity contribution in [2.45, 2.75) is 57.5 Å². The third-order valence-electron chi connectivity index (χ3n) is 3.90. The van der Waals surface area contributed by atoms with Gasteiger partial charge in [-0.2, -0.15) is 0 Å². The predicted molar refractivity (Wildman–Crippen MR) is 64.2 cm³/mol. The van der Waals surface area contributed by atoms with E-state index >= 15 is 0 Å². The van der Waals surface area contributed by atoms with E-state index in [0.29, 0.717) is 0 Å². The molecule has 0 aromatic rings. The average molecular weight is 228 g/mol. The van der Waals surface area contributed by atoms with Gasteiger partial charge in [-0.1, -0.05) is 13.8 Å². The maximum absolute atomic E-state index is 12.2. The normalized spacial score (nSPS) is 25.8. The Bertz CT molecular complexity index is 235. The molecule has 3 N–H and O–H groups in total. The van der Waals surface area contributed by atoms with Crippen LogP contribution < -0.4 is 10.6 Å². The van der Waals surface area contributed by atoms with E-state index in [2.05, 4.69) is 10.6 Å². The minimum atomic E-state index is -0.454. The van der Waals surface area contributed by atoms with Gasteiger partial charge in [0.1, 0.15) is 0 Å². The van der Waals surface area contributed by atoms with Gasteiger partial charge in [0.15, 0.2) is 0 Å². The number of aliphatic hydroxyl groups is 1. The Balaban J connectivity index is 2.68. The third kappa shape index (κ3) is 2.55. The topological polar surface area (TPSA) is 61.4 Å². The van der Waals surface area contributed by atoms with E-state index in [0.717, 1.165) is 32.2 Å². The molecule has 4 heteroatoms. The van der Waals surface area contributed by atoms with Crippen molar-refractivity contribution in [3.05, 3.63) is 0 Å². The molecule has 1 aliphatic heterocycles. The summed E-state index contributed by atoms with van der Waals surface area (Å²) in [6, 6.07) is 0. The monoisotopic (exact) mass is 228 g/mol. The second-order valence-corrected chi connectivity index (χ2v) is 4.96. The number of carbonyl (C=O) groups excluding carboxylic acids is 1. The zero-order valence-corrected chi connectivity index (χ0v) is 10.6. The first-order valence-corrected chi connectivity index (χ1v) is 6.20. The van der Waals surface area contributed by atoms with Gasteiger partial charge in [0.05, 0.1) is 17.7 Å². The van der Waals surface area contributed by atoms with Gasteiger partial charge in [-0.15, -0.1) is 0 Å². The fraction of sp³-hybridized carbons (Fsp3) is 0.917. The van der Waals surface area contributed by atoms with Crippen LogP contribution in [0.2, 0.25) is 0 Å². The SMILES string of the molecule is CCC(CC)(CO)NC(=O)C1(C)CCCN1. The summed E-state index contributed by atoms with van der Waals surface area (Å²) in [5.74, 6) is 0.0164. The highest BCUT2D eigenvalue weighted by Crippen LogP contribution is 2.22. The summed E-state index contributed by atoms with van der Waals surface area (Å²) >= 11 is 0. The van der Waals surface area contributed by atoms with Crippen LogP contribution in [0.5, 0.6) is 0 Å². The summed E-state index contributed by atoms with van der Waals surface area (Å²) in [6.45, 7) is 6.81. The van der Waals surface area contributed by atoms with E-state index in [1.165, 1.54) is 0 Å². The molecule has 1 rings (SSSR count). The van der Waals surface area contributed by atoms with Crippen molar-refractivity contribution < 1.29 is 9.90 Å². The minimum absolute atomic E-state index is 0.00181. The van der Waals surface area contributed by atoms with Crippen LogP contribution in [0, 0.1) is 0 Å². The third-order valence-corrected chi connectivity index (χ3v) is 3.90. The van der Waals surface area contributed by atoms with Crippen molar-refractivity contribution in [1.82, 2.24) is 10.6 Å². The molecule has 4 nitrogen and oxygen atoms in total. The summed E-state index contributed by atoms with van der Waals surface area (Å²) in [5, 5.41) is 15.7. The van der Waals surface area contributed by atoms with Gasteiger partial charge in [0.2, 0.25) is 5.91 Å². The van der Waals surface area contributed by atoms with E-state index in [-0.39, 0.29) is 12.5 Å². The van der Waals surface area contributed by atoms with Crippen LogP contribution in [-0.2, 0) is 4.79 Å². The molecule has 16 heavy (non-hydrogen) atoms. The molecule has 0 spiro atoms. The largest absolute Gasteiger partial charge is 0.394 e. The molecule has 1 saturated heterocycles. The lowest BCUT2D eigenvalue weighted by atomic mass is 9.91. The van der Waals surface area contributed by atoms with E-state index in [1.807, 2.05) is 20.8 Å².